The zero-order valence-corrected chi connectivity index (χ0v) is 20.9. The molecular weight excluding hydrogens is 396 g/mol. The Kier molecular flexibility index (Phi) is 8.98. The maximum atomic E-state index is 3.43. The van der Waals surface area contributed by atoms with Gasteiger partial charge in [0.1, 0.15) is 0 Å². The molecule has 33 heavy (non-hydrogen) atoms. The van der Waals surface area contributed by atoms with Crippen molar-refractivity contribution in [1.82, 2.24) is 0 Å². The second-order valence-electron chi connectivity index (χ2n) is 8.97. The molecule has 0 saturated heterocycles. The van der Waals surface area contributed by atoms with E-state index in [1.807, 2.05) is 0 Å². The summed E-state index contributed by atoms with van der Waals surface area (Å²) in [5.74, 6) is 13.5. The first kappa shape index (κ1) is 24.4. The van der Waals surface area contributed by atoms with E-state index in [9.17, 15) is 0 Å². The van der Waals surface area contributed by atoms with Crippen LogP contribution in [0.4, 0.5) is 0 Å². The van der Waals surface area contributed by atoms with Gasteiger partial charge in [0.2, 0.25) is 0 Å². The molecule has 3 rings (SSSR count). The zero-order valence-electron chi connectivity index (χ0n) is 20.9. The van der Waals surface area contributed by atoms with E-state index in [0.29, 0.717) is 0 Å². The van der Waals surface area contributed by atoms with E-state index in [-0.39, 0.29) is 0 Å². The average Bonchev–Trinajstić information content (AvgIpc) is 2.84. The van der Waals surface area contributed by atoms with Crippen LogP contribution in [0.2, 0.25) is 0 Å². The van der Waals surface area contributed by atoms with Gasteiger partial charge in [0.15, 0.2) is 0 Å². The predicted octanol–water partition coefficient (Wildman–Crippen LogP) is 8.10. The molecule has 0 saturated carbocycles. The molecule has 168 valence electrons. The summed E-state index contributed by atoms with van der Waals surface area (Å²) < 4.78 is 0. The SMILES string of the molecule is CCCCc1ccc(C#Cc2cc(C)c(C#Cc3ccc(CCCC)cc3)c(C)c2C)cc1. The third-order valence-corrected chi connectivity index (χ3v) is 6.32. The van der Waals surface area contributed by atoms with E-state index < -0.39 is 0 Å². The van der Waals surface area contributed by atoms with Crippen LogP contribution in [0.1, 0.15) is 89.6 Å². The second-order valence-corrected chi connectivity index (χ2v) is 8.97. The van der Waals surface area contributed by atoms with E-state index in [1.54, 1.807) is 0 Å². The molecule has 0 aliphatic heterocycles. The maximum absolute atomic E-state index is 3.43. The second kappa shape index (κ2) is 12.1. The fourth-order valence-electron chi connectivity index (χ4n) is 3.95. The van der Waals surface area contributed by atoms with Crippen molar-refractivity contribution >= 4 is 0 Å². The summed E-state index contributed by atoms with van der Waals surface area (Å²) in [6.07, 6.45) is 7.22. The van der Waals surface area contributed by atoms with E-state index in [2.05, 4.69) is 113 Å². The molecule has 0 aromatic heterocycles. The lowest BCUT2D eigenvalue weighted by molar-refractivity contribution is 0.795. The Labute approximate surface area is 201 Å². The Morgan fingerprint density at radius 2 is 1.06 bits per heavy atom. The first-order chi connectivity index (χ1) is 16.0. The molecule has 0 heteroatoms. The monoisotopic (exact) mass is 432 g/mol. The molecule has 3 aromatic rings. The van der Waals surface area contributed by atoms with Gasteiger partial charge >= 0.3 is 0 Å². The van der Waals surface area contributed by atoms with Gasteiger partial charge in [-0.1, -0.05) is 74.6 Å². The Balaban J connectivity index is 1.79. The Morgan fingerprint density at radius 3 is 1.55 bits per heavy atom. The van der Waals surface area contributed by atoms with Crippen LogP contribution in [0.25, 0.3) is 0 Å². The van der Waals surface area contributed by atoms with E-state index >= 15 is 0 Å². The van der Waals surface area contributed by atoms with Crippen molar-refractivity contribution in [2.24, 2.45) is 0 Å². The minimum Gasteiger partial charge on any atom is -0.0654 e. The summed E-state index contributed by atoms with van der Waals surface area (Å²) in [4.78, 5) is 0. The van der Waals surface area contributed by atoms with E-state index in [4.69, 9.17) is 0 Å². The van der Waals surface area contributed by atoms with Gasteiger partial charge in [-0.15, -0.1) is 0 Å². The number of rotatable bonds is 6. The lowest BCUT2D eigenvalue weighted by Gasteiger charge is -2.10. The van der Waals surface area contributed by atoms with Crippen molar-refractivity contribution in [3.05, 3.63) is 105 Å². The van der Waals surface area contributed by atoms with Gasteiger partial charge < -0.3 is 0 Å². The van der Waals surface area contributed by atoms with Gasteiger partial charge in [0.25, 0.3) is 0 Å². The van der Waals surface area contributed by atoms with Crippen LogP contribution in [0.5, 0.6) is 0 Å². The van der Waals surface area contributed by atoms with Crippen LogP contribution in [0, 0.1) is 44.5 Å². The van der Waals surface area contributed by atoms with Crippen molar-refractivity contribution in [3.63, 3.8) is 0 Å². The van der Waals surface area contributed by atoms with Crippen LogP contribution in [-0.4, -0.2) is 0 Å². The topological polar surface area (TPSA) is 0 Å². The fourth-order valence-corrected chi connectivity index (χ4v) is 3.95. The van der Waals surface area contributed by atoms with Crippen molar-refractivity contribution in [2.45, 2.75) is 73.1 Å². The molecule has 0 radical (unpaired) electrons. The number of hydrogen-bond acceptors (Lipinski definition) is 0. The summed E-state index contributed by atoms with van der Waals surface area (Å²) in [6.45, 7) is 10.9. The van der Waals surface area contributed by atoms with E-state index in [1.165, 1.54) is 53.5 Å². The van der Waals surface area contributed by atoms with Crippen LogP contribution in [0.3, 0.4) is 0 Å². The van der Waals surface area contributed by atoms with Crippen LogP contribution < -0.4 is 0 Å². The van der Waals surface area contributed by atoms with E-state index in [0.717, 1.165) is 35.1 Å². The van der Waals surface area contributed by atoms with Crippen molar-refractivity contribution < 1.29 is 0 Å². The highest BCUT2D eigenvalue weighted by Crippen LogP contribution is 2.21. The highest BCUT2D eigenvalue weighted by molar-refractivity contribution is 5.59. The molecule has 0 spiro atoms. The summed E-state index contributed by atoms with van der Waals surface area (Å²) in [5, 5.41) is 0. The fraction of sp³-hybridized carbons (Fsp3) is 0.333. The molecule has 0 unspecified atom stereocenters. The molecule has 0 N–H and O–H groups in total. The van der Waals surface area contributed by atoms with Gasteiger partial charge in [-0.3, -0.25) is 0 Å². The van der Waals surface area contributed by atoms with Gasteiger partial charge in [-0.25, -0.2) is 0 Å². The largest absolute Gasteiger partial charge is 0.0654 e. The normalized spacial score (nSPS) is 10.2. The quantitative estimate of drug-likeness (QED) is 0.345. The third kappa shape index (κ3) is 6.88. The lowest BCUT2D eigenvalue weighted by Crippen LogP contribution is -1.96. The summed E-state index contributed by atoms with van der Waals surface area (Å²) in [7, 11) is 0. The Morgan fingerprint density at radius 1 is 0.576 bits per heavy atom. The molecule has 0 aliphatic carbocycles. The number of aryl methyl sites for hydroxylation is 3. The highest BCUT2D eigenvalue weighted by Gasteiger charge is 2.07. The molecular formula is C33H36. The first-order valence-electron chi connectivity index (χ1n) is 12.3. The molecule has 0 fully saturated rings. The third-order valence-electron chi connectivity index (χ3n) is 6.32. The molecule has 0 nitrogen and oxygen atoms in total. The average molecular weight is 433 g/mol. The number of benzene rings is 3. The standard InChI is InChI=1S/C33H36/c1-6-8-10-28-12-16-30(17-13-28)20-22-32-24-25(3)33(27(5)26(32)4)23-21-31-18-14-29(15-19-31)11-9-7-2/h12-19,24H,6-11H2,1-5H3. The van der Waals surface area contributed by atoms with Crippen LogP contribution in [-0.2, 0) is 12.8 Å². The molecule has 0 bridgehead atoms. The van der Waals surface area contributed by atoms with Crippen molar-refractivity contribution in [1.29, 1.82) is 0 Å². The summed E-state index contributed by atoms with van der Waals surface area (Å²) in [6, 6.07) is 19.6. The molecule has 0 heterocycles. The minimum absolute atomic E-state index is 1.07. The summed E-state index contributed by atoms with van der Waals surface area (Å²) >= 11 is 0. The van der Waals surface area contributed by atoms with Crippen LogP contribution in [0.15, 0.2) is 54.6 Å². The van der Waals surface area contributed by atoms with Crippen molar-refractivity contribution in [3.8, 4) is 23.7 Å². The lowest BCUT2D eigenvalue weighted by atomic mass is 9.93. The predicted molar refractivity (Wildman–Crippen MR) is 143 cm³/mol. The first-order valence-corrected chi connectivity index (χ1v) is 12.3. The zero-order chi connectivity index (χ0) is 23.6. The highest BCUT2D eigenvalue weighted by atomic mass is 14.1. The summed E-state index contributed by atoms with van der Waals surface area (Å²) in [5.41, 5.74) is 10.7. The molecule has 0 aliphatic rings. The van der Waals surface area contributed by atoms with Gasteiger partial charge in [0.05, 0.1) is 0 Å². The number of unbranched alkanes of at least 4 members (excludes halogenated alkanes) is 2. The smallest absolute Gasteiger partial charge is 0.0310 e. The minimum atomic E-state index is 1.07. The van der Waals surface area contributed by atoms with Gasteiger partial charge in [0, 0.05) is 22.3 Å². The number of hydrogen-bond donors (Lipinski definition) is 0. The Hall–Kier alpha value is -3.22. The van der Waals surface area contributed by atoms with Crippen molar-refractivity contribution in [2.75, 3.05) is 0 Å². The van der Waals surface area contributed by atoms with Gasteiger partial charge in [-0.05, 0) is 105 Å². The van der Waals surface area contributed by atoms with Crippen LogP contribution >= 0.6 is 0 Å². The van der Waals surface area contributed by atoms with Gasteiger partial charge in [-0.2, -0.15) is 0 Å². The molecule has 3 aromatic carbocycles. The maximum Gasteiger partial charge on any atom is 0.0310 e. The Bertz CT molecular complexity index is 1180. The molecule has 0 amide bonds. The molecule has 0 atom stereocenters.